The van der Waals surface area contributed by atoms with E-state index in [9.17, 15) is 14.4 Å². The molecule has 0 aromatic carbocycles. The van der Waals surface area contributed by atoms with Gasteiger partial charge in [0.15, 0.2) is 5.12 Å². The molecule has 0 atom stereocenters. The quantitative estimate of drug-likeness (QED) is 0.720. The Bertz CT molecular complexity index is 326. The molecule has 0 rings (SSSR count). The number of thioether (sulfide) groups is 1. The summed E-state index contributed by atoms with van der Waals surface area (Å²) in [7, 11) is 0. The summed E-state index contributed by atoms with van der Waals surface area (Å²) >= 11 is 1.14. The highest BCUT2D eigenvalue weighted by Crippen LogP contribution is 2.07. The van der Waals surface area contributed by atoms with Crippen LogP contribution < -0.4 is 10.6 Å². The maximum Gasteiger partial charge on any atom is 0.407 e. The lowest BCUT2D eigenvalue weighted by molar-refractivity contribution is -0.118. The molecule has 0 aliphatic heterocycles. The van der Waals surface area contributed by atoms with Crippen LogP contribution in [0.15, 0.2) is 0 Å². The fraction of sp³-hybridized carbons (Fsp3) is 0.750. The summed E-state index contributed by atoms with van der Waals surface area (Å²) in [5, 5.41) is 5.09. The minimum Gasteiger partial charge on any atom is -0.444 e. The van der Waals surface area contributed by atoms with E-state index >= 15 is 0 Å². The zero-order valence-electron chi connectivity index (χ0n) is 11.9. The van der Waals surface area contributed by atoms with Gasteiger partial charge in [0.25, 0.3) is 0 Å². The van der Waals surface area contributed by atoms with Gasteiger partial charge in [-0.2, -0.15) is 0 Å². The van der Waals surface area contributed by atoms with E-state index in [1.54, 1.807) is 20.8 Å². The molecule has 0 aliphatic carbocycles. The van der Waals surface area contributed by atoms with E-state index in [0.717, 1.165) is 11.8 Å². The second kappa shape index (κ2) is 8.79. The molecule has 6 nitrogen and oxygen atoms in total. The van der Waals surface area contributed by atoms with Crippen molar-refractivity contribution in [1.29, 1.82) is 0 Å². The molecule has 0 saturated carbocycles. The monoisotopic (exact) mass is 290 g/mol. The van der Waals surface area contributed by atoms with Gasteiger partial charge in [-0.15, -0.1) is 0 Å². The van der Waals surface area contributed by atoms with Gasteiger partial charge in [-0.25, -0.2) is 4.79 Å². The standard InChI is InChI=1S/C12H22N2O4S/c1-9(15)13-7-8-19-10(16)5-6-14-11(17)18-12(2,3)4/h5-8H2,1-4H3,(H,13,15)(H,14,17). The first-order chi connectivity index (χ1) is 8.70. The molecular weight excluding hydrogens is 268 g/mol. The van der Waals surface area contributed by atoms with E-state index < -0.39 is 11.7 Å². The van der Waals surface area contributed by atoms with Gasteiger partial charge in [-0.05, 0) is 20.8 Å². The summed E-state index contributed by atoms with van der Waals surface area (Å²) in [5.74, 6) is 0.421. The summed E-state index contributed by atoms with van der Waals surface area (Å²) in [6, 6.07) is 0. The average Bonchev–Trinajstić information content (AvgIpc) is 2.21. The van der Waals surface area contributed by atoms with Crippen molar-refractivity contribution < 1.29 is 19.1 Å². The number of hydrogen-bond donors (Lipinski definition) is 2. The van der Waals surface area contributed by atoms with Crippen molar-refractivity contribution in [2.24, 2.45) is 0 Å². The molecule has 0 spiro atoms. The number of nitrogens with one attached hydrogen (secondary N) is 2. The van der Waals surface area contributed by atoms with Gasteiger partial charge < -0.3 is 15.4 Å². The Morgan fingerprint density at radius 2 is 1.74 bits per heavy atom. The van der Waals surface area contributed by atoms with Crippen LogP contribution in [-0.2, 0) is 14.3 Å². The summed E-state index contributed by atoms with van der Waals surface area (Å²) < 4.78 is 5.03. The average molecular weight is 290 g/mol. The van der Waals surface area contributed by atoms with Crippen molar-refractivity contribution in [3.63, 3.8) is 0 Å². The molecule has 0 saturated heterocycles. The molecule has 0 heterocycles. The molecular formula is C12H22N2O4S. The van der Waals surface area contributed by atoms with Crippen LogP contribution in [0.3, 0.4) is 0 Å². The SMILES string of the molecule is CC(=O)NCCSC(=O)CCNC(=O)OC(C)(C)C. The summed E-state index contributed by atoms with van der Waals surface area (Å²) in [6.45, 7) is 7.46. The molecule has 2 amide bonds. The van der Waals surface area contributed by atoms with Crippen LogP contribution >= 0.6 is 11.8 Å². The molecule has 0 unspecified atom stereocenters. The van der Waals surface area contributed by atoms with Gasteiger partial charge in [0, 0.05) is 32.2 Å². The van der Waals surface area contributed by atoms with E-state index in [4.69, 9.17) is 4.74 Å². The van der Waals surface area contributed by atoms with Crippen LogP contribution in [0.2, 0.25) is 0 Å². The zero-order valence-corrected chi connectivity index (χ0v) is 12.7. The van der Waals surface area contributed by atoms with Crippen molar-refractivity contribution in [3.8, 4) is 0 Å². The number of alkyl carbamates (subject to hydrolysis) is 1. The van der Waals surface area contributed by atoms with Crippen molar-refractivity contribution >= 4 is 28.9 Å². The number of rotatable bonds is 6. The molecule has 0 bridgehead atoms. The Hall–Kier alpha value is -1.24. The molecule has 0 radical (unpaired) electrons. The third-order valence-electron chi connectivity index (χ3n) is 1.74. The van der Waals surface area contributed by atoms with Crippen molar-refractivity contribution in [1.82, 2.24) is 10.6 Å². The molecule has 2 N–H and O–H groups in total. The Kier molecular flexibility index (Phi) is 8.22. The van der Waals surface area contributed by atoms with Gasteiger partial charge in [0.1, 0.15) is 5.60 Å². The van der Waals surface area contributed by atoms with E-state index in [0.29, 0.717) is 12.3 Å². The van der Waals surface area contributed by atoms with Crippen LogP contribution in [-0.4, -0.2) is 41.6 Å². The normalized spacial score (nSPS) is 10.7. The largest absolute Gasteiger partial charge is 0.444 e. The van der Waals surface area contributed by atoms with Crippen LogP contribution in [0.25, 0.3) is 0 Å². The van der Waals surface area contributed by atoms with Gasteiger partial charge in [0.05, 0.1) is 0 Å². The van der Waals surface area contributed by atoms with Crippen molar-refractivity contribution in [3.05, 3.63) is 0 Å². The van der Waals surface area contributed by atoms with Gasteiger partial charge >= 0.3 is 6.09 Å². The topological polar surface area (TPSA) is 84.5 Å². The maximum absolute atomic E-state index is 11.4. The van der Waals surface area contributed by atoms with Gasteiger partial charge in [-0.3, -0.25) is 9.59 Å². The van der Waals surface area contributed by atoms with E-state index in [2.05, 4.69) is 10.6 Å². The first kappa shape index (κ1) is 17.8. The smallest absolute Gasteiger partial charge is 0.407 e. The van der Waals surface area contributed by atoms with Crippen LogP contribution in [0.5, 0.6) is 0 Å². The molecule has 0 fully saturated rings. The van der Waals surface area contributed by atoms with Gasteiger partial charge in [0.2, 0.25) is 5.91 Å². The van der Waals surface area contributed by atoms with E-state index in [-0.39, 0.29) is 24.0 Å². The molecule has 19 heavy (non-hydrogen) atoms. The minimum atomic E-state index is -0.540. The third-order valence-corrected chi connectivity index (χ3v) is 2.67. The number of ether oxygens (including phenoxy) is 1. The highest BCUT2D eigenvalue weighted by atomic mass is 32.2. The van der Waals surface area contributed by atoms with Crippen LogP contribution in [0.4, 0.5) is 4.79 Å². The fourth-order valence-corrected chi connectivity index (χ4v) is 1.72. The summed E-state index contributed by atoms with van der Waals surface area (Å²) in [5.41, 5.74) is -0.540. The maximum atomic E-state index is 11.4. The third kappa shape index (κ3) is 13.0. The fourth-order valence-electron chi connectivity index (χ4n) is 1.04. The van der Waals surface area contributed by atoms with E-state index in [1.807, 2.05) is 0 Å². The molecule has 0 aromatic heterocycles. The second-order valence-corrected chi connectivity index (χ2v) is 6.03. The Morgan fingerprint density at radius 3 is 2.26 bits per heavy atom. The van der Waals surface area contributed by atoms with Crippen molar-refractivity contribution in [2.75, 3.05) is 18.8 Å². The predicted molar refractivity (Wildman–Crippen MR) is 75.0 cm³/mol. The predicted octanol–water partition coefficient (Wildman–Crippen LogP) is 1.30. The highest BCUT2D eigenvalue weighted by molar-refractivity contribution is 8.13. The first-order valence-corrected chi connectivity index (χ1v) is 7.06. The Labute approximate surface area is 118 Å². The summed E-state index contributed by atoms with van der Waals surface area (Å²) in [6.07, 6.45) is -0.284. The number of carbonyl (C=O) groups is 3. The van der Waals surface area contributed by atoms with E-state index in [1.165, 1.54) is 6.92 Å². The first-order valence-electron chi connectivity index (χ1n) is 6.07. The lowest BCUT2D eigenvalue weighted by Crippen LogP contribution is -2.33. The lowest BCUT2D eigenvalue weighted by atomic mass is 10.2. The van der Waals surface area contributed by atoms with Gasteiger partial charge in [-0.1, -0.05) is 11.8 Å². The molecule has 0 aromatic rings. The Balaban J connectivity index is 3.58. The number of hydrogen-bond acceptors (Lipinski definition) is 5. The molecule has 0 aliphatic rings. The summed E-state index contributed by atoms with van der Waals surface area (Å²) in [4.78, 5) is 33.3. The lowest BCUT2D eigenvalue weighted by Gasteiger charge is -2.19. The second-order valence-electron chi connectivity index (χ2n) is 4.88. The van der Waals surface area contributed by atoms with Crippen LogP contribution in [0, 0.1) is 0 Å². The number of carbonyl (C=O) groups excluding carboxylic acids is 3. The molecule has 110 valence electrons. The Morgan fingerprint density at radius 1 is 1.11 bits per heavy atom. The van der Waals surface area contributed by atoms with Crippen LogP contribution in [0.1, 0.15) is 34.1 Å². The highest BCUT2D eigenvalue weighted by Gasteiger charge is 2.15. The zero-order chi connectivity index (χ0) is 14.9. The minimum absolute atomic E-state index is 0.0265. The van der Waals surface area contributed by atoms with Crippen molar-refractivity contribution in [2.45, 2.75) is 39.7 Å². The molecule has 7 heteroatoms. The number of amides is 2.